The van der Waals surface area contributed by atoms with Crippen LogP contribution in [0.1, 0.15) is 24.6 Å². The van der Waals surface area contributed by atoms with E-state index >= 15 is 0 Å². The number of hydrogen-bond acceptors (Lipinski definition) is 4. The van der Waals surface area contributed by atoms with Gasteiger partial charge >= 0.3 is 5.69 Å². The number of aryl methyl sites for hydroxylation is 1. The molecule has 0 aromatic carbocycles. The van der Waals surface area contributed by atoms with Gasteiger partial charge in [0.25, 0.3) is 5.56 Å². The van der Waals surface area contributed by atoms with Gasteiger partial charge in [-0.1, -0.05) is 0 Å². The highest BCUT2D eigenvalue weighted by atomic mass is 16.5. The average molecular weight is 211 g/mol. The molecule has 1 fully saturated rings. The monoisotopic (exact) mass is 211 g/mol. The third-order valence-electron chi connectivity index (χ3n) is 2.58. The molecule has 1 aliphatic heterocycles. The van der Waals surface area contributed by atoms with Gasteiger partial charge in [0.2, 0.25) is 0 Å². The van der Waals surface area contributed by atoms with E-state index in [2.05, 4.69) is 5.10 Å². The molecule has 1 aromatic heterocycles. The van der Waals surface area contributed by atoms with Crippen molar-refractivity contribution in [2.75, 3.05) is 6.61 Å². The summed E-state index contributed by atoms with van der Waals surface area (Å²) in [7, 11) is 2.98. The van der Waals surface area contributed by atoms with Crippen LogP contribution in [0.5, 0.6) is 0 Å². The third-order valence-corrected chi connectivity index (χ3v) is 2.58. The zero-order chi connectivity index (χ0) is 11.0. The van der Waals surface area contributed by atoms with Crippen molar-refractivity contribution in [1.82, 2.24) is 14.3 Å². The Morgan fingerprint density at radius 3 is 2.73 bits per heavy atom. The fraction of sp³-hybridized carbons (Fsp3) is 0.667. The maximum absolute atomic E-state index is 11.7. The average Bonchev–Trinajstić information content (AvgIpc) is 2.73. The Morgan fingerprint density at radius 1 is 1.40 bits per heavy atom. The van der Waals surface area contributed by atoms with E-state index in [9.17, 15) is 9.59 Å². The molecule has 15 heavy (non-hydrogen) atoms. The van der Waals surface area contributed by atoms with E-state index in [-0.39, 0.29) is 11.7 Å². The molecule has 2 rings (SSSR count). The summed E-state index contributed by atoms with van der Waals surface area (Å²) in [5, 5.41) is 3.96. The highest BCUT2D eigenvalue weighted by Gasteiger charge is 2.24. The summed E-state index contributed by atoms with van der Waals surface area (Å²) < 4.78 is 7.60. The van der Waals surface area contributed by atoms with Crippen LogP contribution in [0.2, 0.25) is 0 Å². The van der Waals surface area contributed by atoms with Gasteiger partial charge in [0.1, 0.15) is 6.10 Å². The second kappa shape index (κ2) is 3.62. The number of hydrogen-bond donors (Lipinski definition) is 0. The quantitative estimate of drug-likeness (QED) is 0.618. The first-order valence-electron chi connectivity index (χ1n) is 4.87. The van der Waals surface area contributed by atoms with Crippen molar-refractivity contribution in [3.05, 3.63) is 26.5 Å². The molecule has 1 aliphatic rings. The van der Waals surface area contributed by atoms with Gasteiger partial charge in [-0.2, -0.15) is 5.10 Å². The summed E-state index contributed by atoms with van der Waals surface area (Å²) in [5.41, 5.74) is -0.441. The lowest BCUT2D eigenvalue weighted by molar-refractivity contribution is 0.105. The van der Waals surface area contributed by atoms with Crippen molar-refractivity contribution in [2.24, 2.45) is 14.1 Å². The maximum atomic E-state index is 11.7. The third kappa shape index (κ3) is 1.61. The van der Waals surface area contributed by atoms with Crippen molar-refractivity contribution >= 4 is 0 Å². The minimum Gasteiger partial charge on any atom is -0.372 e. The number of ether oxygens (including phenoxy) is 1. The Labute approximate surface area is 86.1 Å². The Bertz CT molecular complexity index is 482. The smallest absolute Gasteiger partial charge is 0.346 e. The molecule has 0 N–H and O–H groups in total. The molecule has 6 heteroatoms. The van der Waals surface area contributed by atoms with E-state index in [0.29, 0.717) is 12.3 Å². The fourth-order valence-corrected chi connectivity index (χ4v) is 1.72. The molecule has 1 atom stereocenters. The molecule has 0 aliphatic carbocycles. The van der Waals surface area contributed by atoms with Gasteiger partial charge in [-0.05, 0) is 12.8 Å². The molecule has 0 unspecified atom stereocenters. The first-order chi connectivity index (χ1) is 7.11. The Kier molecular flexibility index (Phi) is 2.44. The van der Waals surface area contributed by atoms with E-state index in [0.717, 1.165) is 17.4 Å². The fourth-order valence-electron chi connectivity index (χ4n) is 1.72. The summed E-state index contributed by atoms with van der Waals surface area (Å²) in [5.74, 6) is 0. The highest BCUT2D eigenvalue weighted by Crippen LogP contribution is 2.24. The van der Waals surface area contributed by atoms with Crippen LogP contribution in [0.25, 0.3) is 0 Å². The van der Waals surface area contributed by atoms with Gasteiger partial charge < -0.3 is 4.74 Å². The van der Waals surface area contributed by atoms with Gasteiger partial charge in [0.15, 0.2) is 5.69 Å². The molecule has 0 bridgehead atoms. The van der Waals surface area contributed by atoms with E-state index in [1.54, 1.807) is 0 Å². The highest BCUT2D eigenvalue weighted by molar-refractivity contribution is 5.00. The van der Waals surface area contributed by atoms with Crippen LogP contribution in [-0.2, 0) is 18.8 Å². The van der Waals surface area contributed by atoms with E-state index < -0.39 is 5.69 Å². The first-order valence-corrected chi connectivity index (χ1v) is 4.87. The van der Waals surface area contributed by atoms with Crippen LogP contribution in [0.3, 0.4) is 0 Å². The second-order valence-corrected chi connectivity index (χ2v) is 3.66. The molecule has 6 nitrogen and oxygen atoms in total. The zero-order valence-electron chi connectivity index (χ0n) is 8.77. The standard InChI is InChI=1S/C9H13N3O3/c1-11-8(13)7(6-4-3-5-15-6)10-12(2)9(11)14/h6H,3-5H2,1-2H3/t6-/m1/s1. The van der Waals surface area contributed by atoms with Gasteiger partial charge in [-0.25, -0.2) is 9.48 Å². The van der Waals surface area contributed by atoms with E-state index in [4.69, 9.17) is 4.74 Å². The summed E-state index contributed by atoms with van der Waals surface area (Å²) in [6.07, 6.45) is 1.47. The van der Waals surface area contributed by atoms with Crippen LogP contribution < -0.4 is 11.2 Å². The first kappa shape index (κ1) is 10.1. The van der Waals surface area contributed by atoms with Gasteiger partial charge in [0.05, 0.1) is 0 Å². The molecule has 0 amide bonds. The van der Waals surface area contributed by atoms with Crippen LogP contribution in [0.15, 0.2) is 9.59 Å². The molecule has 0 radical (unpaired) electrons. The van der Waals surface area contributed by atoms with E-state index in [1.165, 1.54) is 18.8 Å². The van der Waals surface area contributed by atoms with Crippen LogP contribution in [0.4, 0.5) is 0 Å². The number of aromatic nitrogens is 3. The Morgan fingerprint density at radius 2 is 2.13 bits per heavy atom. The van der Waals surface area contributed by atoms with Crippen LogP contribution >= 0.6 is 0 Å². The normalized spacial score (nSPS) is 20.8. The number of nitrogens with zero attached hydrogens (tertiary/aromatic N) is 3. The Balaban J connectivity index is 2.57. The zero-order valence-corrected chi connectivity index (χ0v) is 8.77. The summed E-state index contributed by atoms with van der Waals surface area (Å²) in [6.45, 7) is 0.651. The van der Waals surface area contributed by atoms with E-state index in [1.807, 2.05) is 0 Å². The lowest BCUT2D eigenvalue weighted by Crippen LogP contribution is -2.41. The molecule has 1 aromatic rings. The lowest BCUT2D eigenvalue weighted by atomic mass is 10.2. The van der Waals surface area contributed by atoms with Gasteiger partial charge in [-0.3, -0.25) is 9.36 Å². The molecule has 0 spiro atoms. The minimum atomic E-state index is -0.415. The van der Waals surface area contributed by atoms with Crippen LogP contribution in [0, 0.1) is 0 Å². The second-order valence-electron chi connectivity index (χ2n) is 3.66. The SMILES string of the molecule is Cn1nc([C@H]2CCCO2)c(=O)n(C)c1=O. The molecule has 1 saturated heterocycles. The van der Waals surface area contributed by atoms with Crippen molar-refractivity contribution in [1.29, 1.82) is 0 Å². The topological polar surface area (TPSA) is 66.1 Å². The summed E-state index contributed by atoms with van der Waals surface area (Å²) >= 11 is 0. The molecule has 0 saturated carbocycles. The maximum Gasteiger partial charge on any atom is 0.346 e. The van der Waals surface area contributed by atoms with Crippen LogP contribution in [-0.4, -0.2) is 21.0 Å². The lowest BCUT2D eigenvalue weighted by Gasteiger charge is -2.10. The summed E-state index contributed by atoms with van der Waals surface area (Å²) in [6, 6.07) is 0. The van der Waals surface area contributed by atoms with Gasteiger partial charge in [-0.15, -0.1) is 0 Å². The molecule has 2 heterocycles. The summed E-state index contributed by atoms with van der Waals surface area (Å²) in [4.78, 5) is 23.1. The van der Waals surface area contributed by atoms with Crippen molar-refractivity contribution < 1.29 is 4.74 Å². The minimum absolute atomic E-state index is 0.254. The Hall–Kier alpha value is -1.43. The predicted octanol–water partition coefficient (Wildman–Crippen LogP) is -0.669. The molecular weight excluding hydrogens is 198 g/mol. The van der Waals surface area contributed by atoms with Crippen molar-refractivity contribution in [3.8, 4) is 0 Å². The molecule has 82 valence electrons. The van der Waals surface area contributed by atoms with Crippen molar-refractivity contribution in [3.63, 3.8) is 0 Å². The van der Waals surface area contributed by atoms with Gasteiger partial charge in [0, 0.05) is 20.7 Å². The largest absolute Gasteiger partial charge is 0.372 e. The molecular formula is C9H13N3O3. The van der Waals surface area contributed by atoms with Crippen molar-refractivity contribution in [2.45, 2.75) is 18.9 Å². The number of rotatable bonds is 1. The predicted molar refractivity (Wildman–Crippen MR) is 52.6 cm³/mol.